The number of methoxy groups -OCH3 is 1. The molecule has 0 radical (unpaired) electrons. The number of esters is 1. The molecule has 1 aliphatic rings. The SMILES string of the molecule is COC(=O)[C@H]1CCCC[C@@H]1NC(=O)c1ccc(Cl)cn1. The fourth-order valence-corrected chi connectivity index (χ4v) is 2.60. The lowest BCUT2D eigenvalue weighted by atomic mass is 9.84. The van der Waals surface area contributed by atoms with Gasteiger partial charge in [0.15, 0.2) is 0 Å². The van der Waals surface area contributed by atoms with Crippen molar-refractivity contribution in [3.63, 3.8) is 0 Å². The normalized spacial score (nSPS) is 22.1. The van der Waals surface area contributed by atoms with E-state index in [0.717, 1.165) is 25.7 Å². The van der Waals surface area contributed by atoms with Gasteiger partial charge in [-0.1, -0.05) is 24.4 Å². The summed E-state index contributed by atoms with van der Waals surface area (Å²) in [7, 11) is 1.37. The van der Waals surface area contributed by atoms with E-state index in [4.69, 9.17) is 16.3 Å². The van der Waals surface area contributed by atoms with Crippen molar-refractivity contribution in [2.24, 2.45) is 5.92 Å². The van der Waals surface area contributed by atoms with Crippen molar-refractivity contribution in [3.05, 3.63) is 29.0 Å². The maximum Gasteiger partial charge on any atom is 0.310 e. The molecule has 0 aliphatic heterocycles. The van der Waals surface area contributed by atoms with Gasteiger partial charge in [0.2, 0.25) is 0 Å². The maximum atomic E-state index is 12.1. The number of carbonyl (C=O) groups is 2. The Labute approximate surface area is 122 Å². The van der Waals surface area contributed by atoms with E-state index in [1.54, 1.807) is 12.1 Å². The summed E-state index contributed by atoms with van der Waals surface area (Å²) in [6.45, 7) is 0. The molecular weight excluding hydrogens is 280 g/mol. The van der Waals surface area contributed by atoms with Crippen LogP contribution in [0.25, 0.3) is 0 Å². The van der Waals surface area contributed by atoms with Crippen LogP contribution in [0.15, 0.2) is 18.3 Å². The Bertz CT molecular complexity index is 490. The van der Waals surface area contributed by atoms with Gasteiger partial charge in [0.1, 0.15) is 5.69 Å². The second kappa shape index (κ2) is 6.70. The van der Waals surface area contributed by atoms with Crippen molar-refractivity contribution in [1.82, 2.24) is 10.3 Å². The van der Waals surface area contributed by atoms with Crippen molar-refractivity contribution in [2.75, 3.05) is 7.11 Å². The third kappa shape index (κ3) is 3.48. The first-order valence-corrected chi connectivity index (χ1v) is 7.00. The average Bonchev–Trinajstić information content (AvgIpc) is 2.47. The Morgan fingerprint density at radius 3 is 2.75 bits per heavy atom. The first-order chi connectivity index (χ1) is 9.61. The fraction of sp³-hybridized carbons (Fsp3) is 0.500. The van der Waals surface area contributed by atoms with Gasteiger partial charge < -0.3 is 10.1 Å². The van der Waals surface area contributed by atoms with Crippen molar-refractivity contribution in [2.45, 2.75) is 31.7 Å². The number of carbonyl (C=O) groups excluding carboxylic acids is 2. The fourth-order valence-electron chi connectivity index (χ4n) is 2.49. The number of hydrogen-bond acceptors (Lipinski definition) is 4. The van der Waals surface area contributed by atoms with E-state index in [2.05, 4.69) is 10.3 Å². The van der Waals surface area contributed by atoms with Crippen LogP contribution in [0.4, 0.5) is 0 Å². The molecule has 108 valence electrons. The number of amides is 1. The molecule has 1 aromatic rings. The highest BCUT2D eigenvalue weighted by molar-refractivity contribution is 6.30. The van der Waals surface area contributed by atoms with Gasteiger partial charge in [-0.2, -0.15) is 0 Å². The highest BCUT2D eigenvalue weighted by atomic mass is 35.5. The van der Waals surface area contributed by atoms with Crippen LogP contribution in [0.5, 0.6) is 0 Å². The Kier molecular flexibility index (Phi) is 4.95. The Hall–Kier alpha value is -1.62. The maximum absolute atomic E-state index is 12.1. The Morgan fingerprint density at radius 1 is 1.35 bits per heavy atom. The predicted octanol–water partition coefficient (Wildman–Crippen LogP) is 2.20. The van der Waals surface area contributed by atoms with Crippen LogP contribution in [0, 0.1) is 5.92 Å². The van der Waals surface area contributed by atoms with Gasteiger partial charge in [0, 0.05) is 12.2 Å². The first-order valence-electron chi connectivity index (χ1n) is 6.62. The van der Waals surface area contributed by atoms with E-state index in [1.165, 1.54) is 13.3 Å². The van der Waals surface area contributed by atoms with E-state index in [0.29, 0.717) is 10.7 Å². The van der Waals surface area contributed by atoms with Crippen molar-refractivity contribution < 1.29 is 14.3 Å². The van der Waals surface area contributed by atoms with Gasteiger partial charge >= 0.3 is 5.97 Å². The van der Waals surface area contributed by atoms with Crippen molar-refractivity contribution in [1.29, 1.82) is 0 Å². The molecule has 1 fully saturated rings. The molecule has 1 saturated carbocycles. The standard InChI is InChI=1S/C14H17ClN2O3/c1-20-14(19)10-4-2-3-5-11(10)17-13(18)12-7-6-9(15)8-16-12/h6-8,10-11H,2-5H2,1H3,(H,17,18)/t10-,11-/m0/s1. The number of pyridine rings is 1. The first kappa shape index (κ1) is 14.8. The highest BCUT2D eigenvalue weighted by Gasteiger charge is 2.33. The minimum Gasteiger partial charge on any atom is -0.469 e. The van der Waals surface area contributed by atoms with Gasteiger partial charge in [0.25, 0.3) is 5.91 Å². The molecule has 1 aromatic heterocycles. The topological polar surface area (TPSA) is 68.3 Å². The molecule has 0 saturated heterocycles. The summed E-state index contributed by atoms with van der Waals surface area (Å²) in [5.41, 5.74) is 0.295. The van der Waals surface area contributed by atoms with Crippen molar-refractivity contribution in [3.8, 4) is 0 Å². The molecule has 20 heavy (non-hydrogen) atoms. The zero-order valence-electron chi connectivity index (χ0n) is 11.3. The molecule has 1 N–H and O–H groups in total. The number of nitrogens with one attached hydrogen (secondary N) is 1. The molecule has 0 aromatic carbocycles. The van der Waals surface area contributed by atoms with Gasteiger partial charge in [0.05, 0.1) is 18.1 Å². The van der Waals surface area contributed by atoms with Crippen LogP contribution >= 0.6 is 11.6 Å². The number of ether oxygens (including phenoxy) is 1. The zero-order valence-corrected chi connectivity index (χ0v) is 12.0. The third-order valence-corrected chi connectivity index (χ3v) is 3.77. The van der Waals surface area contributed by atoms with Crippen molar-refractivity contribution >= 4 is 23.5 Å². The molecule has 0 bridgehead atoms. The van der Waals surface area contributed by atoms with E-state index in [1.807, 2.05) is 0 Å². The second-order valence-corrected chi connectivity index (χ2v) is 5.29. The molecule has 5 nitrogen and oxygen atoms in total. The minimum atomic E-state index is -0.289. The molecule has 1 heterocycles. The smallest absolute Gasteiger partial charge is 0.310 e. The van der Waals surface area contributed by atoms with Gasteiger partial charge in [-0.3, -0.25) is 9.59 Å². The van der Waals surface area contributed by atoms with Crippen LogP contribution in [-0.4, -0.2) is 30.0 Å². The van der Waals surface area contributed by atoms with Gasteiger partial charge in [-0.05, 0) is 25.0 Å². The number of rotatable bonds is 3. The number of halogens is 1. The summed E-state index contributed by atoms with van der Waals surface area (Å²) >= 11 is 5.74. The molecule has 2 rings (SSSR count). The average molecular weight is 297 g/mol. The molecular formula is C14H17ClN2O3. The van der Waals surface area contributed by atoms with E-state index in [-0.39, 0.29) is 23.8 Å². The Balaban J connectivity index is 2.04. The predicted molar refractivity (Wildman–Crippen MR) is 74.5 cm³/mol. The van der Waals surface area contributed by atoms with Crippen LogP contribution in [0.3, 0.4) is 0 Å². The summed E-state index contributed by atoms with van der Waals surface area (Å²) in [4.78, 5) is 27.8. The van der Waals surface area contributed by atoms with Gasteiger partial charge in [-0.25, -0.2) is 4.98 Å². The second-order valence-electron chi connectivity index (χ2n) is 4.86. The zero-order chi connectivity index (χ0) is 14.5. The van der Waals surface area contributed by atoms with Crippen LogP contribution in [0.2, 0.25) is 5.02 Å². The Morgan fingerprint density at radius 2 is 2.10 bits per heavy atom. The molecule has 2 atom stereocenters. The lowest BCUT2D eigenvalue weighted by molar-refractivity contribution is -0.147. The summed E-state index contributed by atoms with van der Waals surface area (Å²) in [5.74, 6) is -0.827. The summed E-state index contributed by atoms with van der Waals surface area (Å²) in [6.07, 6.45) is 4.91. The van der Waals surface area contributed by atoms with Crippen LogP contribution in [-0.2, 0) is 9.53 Å². The summed E-state index contributed by atoms with van der Waals surface area (Å²) in [5, 5.41) is 3.35. The van der Waals surface area contributed by atoms with E-state index < -0.39 is 0 Å². The van der Waals surface area contributed by atoms with E-state index in [9.17, 15) is 9.59 Å². The summed E-state index contributed by atoms with van der Waals surface area (Å²) in [6, 6.07) is 2.98. The number of hydrogen-bond donors (Lipinski definition) is 1. The largest absolute Gasteiger partial charge is 0.469 e. The lowest BCUT2D eigenvalue weighted by Crippen LogP contribution is -2.45. The molecule has 0 spiro atoms. The lowest BCUT2D eigenvalue weighted by Gasteiger charge is -2.30. The highest BCUT2D eigenvalue weighted by Crippen LogP contribution is 2.25. The minimum absolute atomic E-state index is 0.193. The molecule has 1 aliphatic carbocycles. The quantitative estimate of drug-likeness (QED) is 0.868. The van der Waals surface area contributed by atoms with Gasteiger partial charge in [-0.15, -0.1) is 0 Å². The summed E-state index contributed by atoms with van der Waals surface area (Å²) < 4.78 is 4.80. The van der Waals surface area contributed by atoms with E-state index >= 15 is 0 Å². The number of aromatic nitrogens is 1. The number of nitrogens with zero attached hydrogens (tertiary/aromatic N) is 1. The van der Waals surface area contributed by atoms with Crippen LogP contribution < -0.4 is 5.32 Å². The molecule has 0 unspecified atom stereocenters. The molecule has 1 amide bonds. The molecule has 6 heteroatoms. The van der Waals surface area contributed by atoms with Crippen LogP contribution in [0.1, 0.15) is 36.2 Å². The monoisotopic (exact) mass is 296 g/mol. The third-order valence-electron chi connectivity index (χ3n) is 3.55.